The van der Waals surface area contributed by atoms with Gasteiger partial charge >= 0.3 is 5.97 Å². The molecule has 4 heterocycles. The lowest BCUT2D eigenvalue weighted by molar-refractivity contribution is -0.575. The van der Waals surface area contributed by atoms with Crippen LogP contribution in [0.3, 0.4) is 0 Å². The Labute approximate surface area is 182 Å². The molecule has 5 aliphatic rings. The average Bonchev–Trinajstić information content (AvgIpc) is 2.98. The monoisotopic (exact) mass is 432 g/mol. The summed E-state index contributed by atoms with van der Waals surface area (Å²) in [7, 11) is 0. The molecule has 0 aromatic heterocycles. The number of carbonyl (C=O) groups is 1. The van der Waals surface area contributed by atoms with E-state index < -0.39 is 35.9 Å². The molecule has 0 amide bonds. The lowest BCUT2D eigenvalue weighted by Crippen LogP contribution is -2.70. The number of ether oxygens (including phenoxy) is 3. The number of carboxylic acid groups (broad SMARTS) is 1. The summed E-state index contributed by atoms with van der Waals surface area (Å²) in [6.07, 6.45) is 2.90. The number of aliphatic carboxylic acids is 1. The Morgan fingerprint density at radius 1 is 1.13 bits per heavy atom. The molecule has 7 nitrogen and oxygen atoms in total. The molecule has 1 N–H and O–H groups in total. The summed E-state index contributed by atoms with van der Waals surface area (Å²) in [4.78, 5) is 23.2. The van der Waals surface area contributed by atoms with Crippen LogP contribution >= 0.6 is 0 Å². The van der Waals surface area contributed by atoms with E-state index in [9.17, 15) is 9.90 Å². The Hall–Kier alpha value is -1.67. The molecule has 1 aliphatic carbocycles. The molecule has 1 aromatic carbocycles. The summed E-state index contributed by atoms with van der Waals surface area (Å²) >= 11 is 0. The van der Waals surface area contributed by atoms with Crippen molar-refractivity contribution >= 4 is 5.97 Å². The number of carboxylic acids is 1. The minimum atomic E-state index is -0.847. The van der Waals surface area contributed by atoms with Crippen molar-refractivity contribution in [2.45, 2.75) is 83.3 Å². The predicted octanol–water partition coefficient (Wildman–Crippen LogP) is 4.46. The van der Waals surface area contributed by atoms with Gasteiger partial charge in [0.2, 0.25) is 12.1 Å². The van der Waals surface area contributed by atoms with E-state index in [0.717, 1.165) is 31.2 Å². The van der Waals surface area contributed by atoms with Crippen molar-refractivity contribution in [1.82, 2.24) is 0 Å². The average molecular weight is 433 g/mol. The molecule has 4 saturated heterocycles. The fourth-order valence-corrected chi connectivity index (χ4v) is 6.12. The van der Waals surface area contributed by atoms with Gasteiger partial charge < -0.3 is 19.3 Å². The standard InChI is InChI=1S/C24H32O7/c1-13-5-10-19-15(3)21(27-17-8-6-16(7-9-17)14(2)20(25)26)28-22-24(19)18(13)11-12-23(4,29-22)30-31-24/h6-9,13-15,18-19,21-22H,5,10-12H2,1-4H3,(H,25,26)/t13-,14?,15-,18?,19+,21+,22-,23+,24-/m1/s1. The quantitative estimate of drug-likeness (QED) is 0.703. The molecular weight excluding hydrogens is 400 g/mol. The summed E-state index contributed by atoms with van der Waals surface area (Å²) in [6.45, 7) is 8.03. The predicted molar refractivity (Wildman–Crippen MR) is 110 cm³/mol. The Kier molecular flexibility index (Phi) is 5.09. The van der Waals surface area contributed by atoms with Gasteiger partial charge in [-0.25, -0.2) is 9.78 Å². The number of hydrogen-bond acceptors (Lipinski definition) is 6. The second-order valence-corrected chi connectivity index (χ2v) is 10.0. The largest absolute Gasteiger partial charge is 0.481 e. The highest BCUT2D eigenvalue weighted by Crippen LogP contribution is 2.60. The van der Waals surface area contributed by atoms with Crippen molar-refractivity contribution in [2.75, 3.05) is 0 Å². The third-order valence-corrected chi connectivity index (χ3v) is 8.10. The van der Waals surface area contributed by atoms with Gasteiger partial charge in [0.05, 0.1) is 5.92 Å². The van der Waals surface area contributed by atoms with Gasteiger partial charge in [-0.2, -0.15) is 0 Å². The molecule has 1 saturated carbocycles. The van der Waals surface area contributed by atoms with Gasteiger partial charge in [0, 0.05) is 18.3 Å². The van der Waals surface area contributed by atoms with Crippen LogP contribution in [0, 0.1) is 23.7 Å². The van der Waals surface area contributed by atoms with E-state index >= 15 is 0 Å². The molecular formula is C24H32O7. The molecule has 170 valence electrons. The van der Waals surface area contributed by atoms with Crippen LogP contribution in [0.15, 0.2) is 24.3 Å². The van der Waals surface area contributed by atoms with Gasteiger partial charge in [0.15, 0.2) is 11.9 Å². The highest BCUT2D eigenvalue weighted by molar-refractivity contribution is 5.75. The first-order valence-electron chi connectivity index (χ1n) is 11.4. The van der Waals surface area contributed by atoms with Crippen LogP contribution < -0.4 is 4.74 Å². The Bertz CT molecular complexity index is 841. The molecule has 6 rings (SSSR count). The van der Waals surface area contributed by atoms with Gasteiger partial charge in [-0.05, 0) is 62.6 Å². The summed E-state index contributed by atoms with van der Waals surface area (Å²) in [6, 6.07) is 7.21. The van der Waals surface area contributed by atoms with E-state index in [4.69, 9.17) is 24.0 Å². The summed E-state index contributed by atoms with van der Waals surface area (Å²) in [5.41, 5.74) is 0.136. The van der Waals surface area contributed by atoms with Gasteiger partial charge in [0.1, 0.15) is 5.75 Å². The third-order valence-electron chi connectivity index (χ3n) is 8.10. The first-order valence-corrected chi connectivity index (χ1v) is 11.4. The number of rotatable bonds is 4. The first-order chi connectivity index (χ1) is 14.7. The third kappa shape index (κ3) is 3.28. The highest BCUT2D eigenvalue weighted by atomic mass is 17.3. The Morgan fingerprint density at radius 2 is 1.87 bits per heavy atom. The topological polar surface area (TPSA) is 83.5 Å². The van der Waals surface area contributed by atoms with E-state index in [2.05, 4.69) is 13.8 Å². The van der Waals surface area contributed by atoms with E-state index in [1.54, 1.807) is 19.1 Å². The zero-order valence-corrected chi connectivity index (χ0v) is 18.6. The highest BCUT2D eigenvalue weighted by Gasteiger charge is 2.69. The van der Waals surface area contributed by atoms with Crippen LogP contribution in [-0.4, -0.2) is 35.0 Å². The maximum Gasteiger partial charge on any atom is 0.310 e. The van der Waals surface area contributed by atoms with Gasteiger partial charge in [-0.15, -0.1) is 0 Å². The maximum atomic E-state index is 11.2. The minimum Gasteiger partial charge on any atom is -0.481 e. The van der Waals surface area contributed by atoms with Crippen LogP contribution in [0.2, 0.25) is 0 Å². The van der Waals surface area contributed by atoms with E-state index in [1.807, 2.05) is 19.1 Å². The van der Waals surface area contributed by atoms with Crippen molar-refractivity contribution in [3.05, 3.63) is 29.8 Å². The molecule has 4 aliphatic heterocycles. The van der Waals surface area contributed by atoms with Gasteiger partial charge in [0.25, 0.3) is 0 Å². The molecule has 5 fully saturated rings. The first kappa shape index (κ1) is 21.2. The fraction of sp³-hybridized carbons (Fsp3) is 0.708. The van der Waals surface area contributed by atoms with Gasteiger partial charge in [-0.1, -0.05) is 26.0 Å². The SMILES string of the molecule is CC(C(=O)O)c1ccc(O[C@H]2O[C@@H]3O[C@]4(C)CCC5[C@H](C)CC[C@@H]([C@H]2C)[C@]53OO4)cc1. The summed E-state index contributed by atoms with van der Waals surface area (Å²) < 4.78 is 19.1. The lowest BCUT2D eigenvalue weighted by Gasteiger charge is -2.60. The second kappa shape index (κ2) is 7.44. The maximum absolute atomic E-state index is 11.2. The van der Waals surface area contributed by atoms with Crippen LogP contribution in [-0.2, 0) is 24.0 Å². The number of fused-ring (bicyclic) bond motifs is 2. The summed E-state index contributed by atoms with van der Waals surface area (Å²) in [5, 5.41) is 9.22. The van der Waals surface area contributed by atoms with Crippen LogP contribution in [0.25, 0.3) is 0 Å². The smallest absolute Gasteiger partial charge is 0.310 e. The fourth-order valence-electron chi connectivity index (χ4n) is 6.12. The molecule has 9 atom stereocenters. The van der Waals surface area contributed by atoms with Crippen LogP contribution in [0.5, 0.6) is 5.75 Å². The normalized spacial score (nSPS) is 44.8. The minimum absolute atomic E-state index is 0.0820. The van der Waals surface area contributed by atoms with E-state index in [1.165, 1.54) is 0 Å². The summed E-state index contributed by atoms with van der Waals surface area (Å²) in [5.74, 6) is -0.448. The molecule has 2 unspecified atom stereocenters. The number of hydrogen-bond donors (Lipinski definition) is 1. The van der Waals surface area contributed by atoms with Crippen molar-refractivity contribution in [1.29, 1.82) is 0 Å². The van der Waals surface area contributed by atoms with Crippen molar-refractivity contribution in [3.8, 4) is 5.75 Å². The molecule has 0 radical (unpaired) electrons. The van der Waals surface area contributed by atoms with Crippen molar-refractivity contribution in [3.63, 3.8) is 0 Å². The van der Waals surface area contributed by atoms with E-state index in [0.29, 0.717) is 17.6 Å². The molecule has 1 aromatic rings. The molecule has 7 heteroatoms. The molecule has 31 heavy (non-hydrogen) atoms. The zero-order valence-electron chi connectivity index (χ0n) is 18.6. The molecule has 2 bridgehead atoms. The Morgan fingerprint density at radius 3 is 2.58 bits per heavy atom. The number of benzene rings is 1. The van der Waals surface area contributed by atoms with Gasteiger partial charge in [-0.3, -0.25) is 4.79 Å². The zero-order chi connectivity index (χ0) is 22.0. The molecule has 1 spiro atoms. The van der Waals surface area contributed by atoms with Crippen LogP contribution in [0.1, 0.15) is 64.9 Å². The van der Waals surface area contributed by atoms with Crippen molar-refractivity contribution < 1.29 is 33.9 Å². The van der Waals surface area contributed by atoms with E-state index in [-0.39, 0.29) is 11.8 Å². The van der Waals surface area contributed by atoms with Crippen molar-refractivity contribution in [2.24, 2.45) is 23.7 Å². The lowest BCUT2D eigenvalue weighted by atomic mass is 9.58. The second-order valence-electron chi connectivity index (χ2n) is 10.0. The van der Waals surface area contributed by atoms with Crippen LogP contribution in [0.4, 0.5) is 0 Å². The Balaban J connectivity index is 1.40.